The summed E-state index contributed by atoms with van der Waals surface area (Å²) in [5, 5.41) is 3.33. The summed E-state index contributed by atoms with van der Waals surface area (Å²) in [6, 6.07) is 5.01. The second kappa shape index (κ2) is 4.72. The first-order chi connectivity index (χ1) is 7.66. The number of amides is 1. The highest BCUT2D eigenvalue weighted by Crippen LogP contribution is 2.24. The highest BCUT2D eigenvalue weighted by Gasteiger charge is 2.23. The number of carbonyl (C=O) groups is 1. The standard InChI is InChI=1S/C11H13ClN2O2/c12-8-1-2-10(9(13)5-8)14-11(15)7-3-4-16-6-7/h1-2,5,7H,3-4,6,13H2,(H,14,15). The molecule has 1 amide bonds. The maximum atomic E-state index is 11.8. The number of rotatable bonds is 2. The van der Waals surface area contributed by atoms with E-state index in [2.05, 4.69) is 5.32 Å². The average molecular weight is 241 g/mol. The second-order valence-corrected chi connectivity index (χ2v) is 4.22. The first kappa shape index (κ1) is 11.2. The van der Waals surface area contributed by atoms with Crippen LogP contribution in [0.4, 0.5) is 11.4 Å². The van der Waals surface area contributed by atoms with Crippen molar-refractivity contribution >= 4 is 28.9 Å². The lowest BCUT2D eigenvalue weighted by Crippen LogP contribution is -2.23. The van der Waals surface area contributed by atoms with Gasteiger partial charge in [0.05, 0.1) is 23.9 Å². The fourth-order valence-corrected chi connectivity index (χ4v) is 1.80. The van der Waals surface area contributed by atoms with Gasteiger partial charge in [-0.05, 0) is 24.6 Å². The Labute approximate surface area is 98.7 Å². The predicted molar refractivity (Wildman–Crippen MR) is 63.4 cm³/mol. The Morgan fingerprint density at radius 2 is 2.38 bits per heavy atom. The summed E-state index contributed by atoms with van der Waals surface area (Å²) in [6.07, 6.45) is 0.763. The number of nitrogens with one attached hydrogen (secondary N) is 1. The minimum atomic E-state index is -0.0740. The lowest BCUT2D eigenvalue weighted by Gasteiger charge is -2.11. The fourth-order valence-electron chi connectivity index (χ4n) is 1.62. The van der Waals surface area contributed by atoms with Crippen molar-refractivity contribution in [3.05, 3.63) is 23.2 Å². The molecule has 0 bridgehead atoms. The van der Waals surface area contributed by atoms with E-state index < -0.39 is 0 Å². The summed E-state index contributed by atoms with van der Waals surface area (Å²) >= 11 is 5.77. The number of hydrogen-bond donors (Lipinski definition) is 2. The van der Waals surface area contributed by atoms with Crippen molar-refractivity contribution < 1.29 is 9.53 Å². The zero-order valence-electron chi connectivity index (χ0n) is 8.70. The second-order valence-electron chi connectivity index (χ2n) is 3.78. The van der Waals surface area contributed by atoms with Gasteiger partial charge in [-0.1, -0.05) is 11.6 Å². The molecule has 1 unspecified atom stereocenters. The van der Waals surface area contributed by atoms with Crippen LogP contribution in [0.1, 0.15) is 6.42 Å². The van der Waals surface area contributed by atoms with Crippen LogP contribution < -0.4 is 11.1 Å². The third kappa shape index (κ3) is 2.46. The predicted octanol–water partition coefficient (Wildman–Crippen LogP) is 1.90. The molecule has 86 valence electrons. The van der Waals surface area contributed by atoms with Gasteiger partial charge in [0.25, 0.3) is 0 Å². The van der Waals surface area contributed by atoms with Crippen LogP contribution in [0.2, 0.25) is 5.02 Å². The monoisotopic (exact) mass is 240 g/mol. The van der Waals surface area contributed by atoms with Gasteiger partial charge < -0.3 is 15.8 Å². The van der Waals surface area contributed by atoms with Crippen LogP contribution in [0.5, 0.6) is 0 Å². The number of halogens is 1. The first-order valence-electron chi connectivity index (χ1n) is 5.10. The highest BCUT2D eigenvalue weighted by molar-refractivity contribution is 6.31. The molecule has 1 aromatic rings. The Balaban J connectivity index is 2.05. The molecule has 3 N–H and O–H groups in total. The van der Waals surface area contributed by atoms with Gasteiger partial charge in [0.2, 0.25) is 5.91 Å². The number of nitrogen functional groups attached to an aromatic ring is 1. The minimum Gasteiger partial charge on any atom is -0.397 e. The molecule has 2 rings (SSSR count). The maximum absolute atomic E-state index is 11.8. The zero-order valence-corrected chi connectivity index (χ0v) is 9.46. The van der Waals surface area contributed by atoms with Crippen molar-refractivity contribution in [2.24, 2.45) is 5.92 Å². The Hall–Kier alpha value is -1.26. The van der Waals surface area contributed by atoms with Crippen LogP contribution in [0.15, 0.2) is 18.2 Å². The molecule has 0 radical (unpaired) electrons. The number of hydrogen-bond acceptors (Lipinski definition) is 3. The van der Waals surface area contributed by atoms with E-state index in [0.717, 1.165) is 6.42 Å². The molecule has 1 heterocycles. The Morgan fingerprint density at radius 1 is 1.56 bits per heavy atom. The van der Waals surface area contributed by atoms with Crippen molar-refractivity contribution in [3.8, 4) is 0 Å². The van der Waals surface area contributed by atoms with Gasteiger partial charge in [-0.15, -0.1) is 0 Å². The van der Waals surface area contributed by atoms with E-state index in [1.165, 1.54) is 0 Å². The van der Waals surface area contributed by atoms with Gasteiger partial charge in [0, 0.05) is 11.6 Å². The molecule has 0 saturated carbocycles. The van der Waals surface area contributed by atoms with Crippen molar-refractivity contribution in [1.29, 1.82) is 0 Å². The Morgan fingerprint density at radius 3 is 3.00 bits per heavy atom. The van der Waals surface area contributed by atoms with Gasteiger partial charge >= 0.3 is 0 Å². The quantitative estimate of drug-likeness (QED) is 0.776. The summed E-state index contributed by atoms with van der Waals surface area (Å²) < 4.78 is 5.15. The number of anilines is 2. The third-order valence-electron chi connectivity index (χ3n) is 2.57. The Bertz CT molecular complexity index is 403. The molecule has 5 heteroatoms. The van der Waals surface area contributed by atoms with Crippen LogP contribution >= 0.6 is 11.6 Å². The molecule has 0 spiro atoms. The Kier molecular flexibility index (Phi) is 3.31. The fraction of sp³-hybridized carbons (Fsp3) is 0.364. The summed E-state index contributed by atoms with van der Waals surface area (Å²) in [4.78, 5) is 11.8. The number of carbonyl (C=O) groups excluding carboxylic acids is 1. The molecule has 1 aliphatic rings. The molecule has 1 saturated heterocycles. The molecular formula is C11H13ClN2O2. The average Bonchev–Trinajstić information content (AvgIpc) is 2.75. The van der Waals surface area contributed by atoms with E-state index in [1.807, 2.05) is 0 Å². The summed E-state index contributed by atoms with van der Waals surface area (Å²) in [5.41, 5.74) is 6.81. The van der Waals surface area contributed by atoms with Gasteiger partial charge in [0.1, 0.15) is 0 Å². The number of nitrogens with two attached hydrogens (primary N) is 1. The van der Waals surface area contributed by atoms with Crippen molar-refractivity contribution in [1.82, 2.24) is 0 Å². The maximum Gasteiger partial charge on any atom is 0.229 e. The molecular weight excluding hydrogens is 228 g/mol. The van der Waals surface area contributed by atoms with E-state index in [4.69, 9.17) is 22.1 Å². The SMILES string of the molecule is Nc1cc(Cl)ccc1NC(=O)C1CCOC1. The lowest BCUT2D eigenvalue weighted by molar-refractivity contribution is -0.119. The largest absolute Gasteiger partial charge is 0.397 e. The molecule has 16 heavy (non-hydrogen) atoms. The summed E-state index contributed by atoms with van der Waals surface area (Å²) in [6.45, 7) is 1.13. The highest BCUT2D eigenvalue weighted by atomic mass is 35.5. The van der Waals surface area contributed by atoms with E-state index in [-0.39, 0.29) is 11.8 Å². The van der Waals surface area contributed by atoms with Crippen LogP contribution in [-0.4, -0.2) is 19.1 Å². The molecule has 1 aliphatic heterocycles. The molecule has 0 aromatic heterocycles. The normalized spacial score (nSPS) is 19.7. The van der Waals surface area contributed by atoms with Crippen LogP contribution in [-0.2, 0) is 9.53 Å². The number of ether oxygens (including phenoxy) is 1. The number of benzene rings is 1. The summed E-state index contributed by atoms with van der Waals surface area (Å²) in [5.74, 6) is -0.124. The third-order valence-corrected chi connectivity index (χ3v) is 2.81. The van der Waals surface area contributed by atoms with Crippen molar-refractivity contribution in [2.45, 2.75) is 6.42 Å². The zero-order chi connectivity index (χ0) is 11.5. The van der Waals surface area contributed by atoms with E-state index in [9.17, 15) is 4.79 Å². The van der Waals surface area contributed by atoms with Gasteiger partial charge in [-0.2, -0.15) is 0 Å². The van der Waals surface area contributed by atoms with Crippen molar-refractivity contribution in [3.63, 3.8) is 0 Å². The lowest BCUT2D eigenvalue weighted by atomic mass is 10.1. The molecule has 0 aliphatic carbocycles. The van der Waals surface area contributed by atoms with Crippen LogP contribution in [0, 0.1) is 5.92 Å². The van der Waals surface area contributed by atoms with Crippen molar-refractivity contribution in [2.75, 3.05) is 24.3 Å². The molecule has 1 fully saturated rings. The van der Waals surface area contributed by atoms with E-state index in [0.29, 0.717) is 29.6 Å². The van der Waals surface area contributed by atoms with E-state index >= 15 is 0 Å². The smallest absolute Gasteiger partial charge is 0.229 e. The van der Waals surface area contributed by atoms with Crippen LogP contribution in [0.3, 0.4) is 0 Å². The molecule has 4 nitrogen and oxygen atoms in total. The van der Waals surface area contributed by atoms with Crippen LogP contribution in [0.25, 0.3) is 0 Å². The first-order valence-corrected chi connectivity index (χ1v) is 5.48. The summed E-state index contributed by atoms with van der Waals surface area (Å²) in [7, 11) is 0. The van der Waals surface area contributed by atoms with Gasteiger partial charge in [-0.3, -0.25) is 4.79 Å². The van der Waals surface area contributed by atoms with E-state index in [1.54, 1.807) is 18.2 Å². The minimum absolute atomic E-state index is 0.0495. The molecule has 1 aromatic carbocycles. The van der Waals surface area contributed by atoms with Gasteiger partial charge in [0.15, 0.2) is 0 Å². The molecule has 1 atom stereocenters. The van der Waals surface area contributed by atoms with Gasteiger partial charge in [-0.25, -0.2) is 0 Å². The topological polar surface area (TPSA) is 64.3 Å².